The van der Waals surface area contributed by atoms with Gasteiger partial charge in [-0.2, -0.15) is 0 Å². The Morgan fingerprint density at radius 1 is 1.20 bits per heavy atom. The molecule has 1 saturated heterocycles. The molecule has 3 aromatic rings. The zero-order chi connectivity index (χ0) is 24.4. The largest absolute Gasteiger partial charge is 0.379 e. The molecule has 184 valence electrons. The molecule has 0 unspecified atom stereocenters. The van der Waals surface area contributed by atoms with E-state index < -0.39 is 0 Å². The number of aromatic amines is 1. The number of nitrogens with one attached hydrogen (secondary N) is 2. The molecule has 0 radical (unpaired) electrons. The van der Waals surface area contributed by atoms with Crippen molar-refractivity contribution in [2.45, 2.75) is 32.9 Å². The number of aromatic nitrogens is 2. The van der Waals surface area contributed by atoms with E-state index in [1.807, 2.05) is 43.1 Å². The third kappa shape index (κ3) is 5.23. The van der Waals surface area contributed by atoms with Gasteiger partial charge in [-0.15, -0.1) is 0 Å². The van der Waals surface area contributed by atoms with Gasteiger partial charge >= 0.3 is 6.03 Å². The molecule has 0 aliphatic carbocycles. The van der Waals surface area contributed by atoms with E-state index in [9.17, 15) is 9.18 Å². The molecule has 35 heavy (non-hydrogen) atoms. The topological polar surface area (TPSA) is 73.5 Å². The number of hydrogen-bond acceptors (Lipinski definition) is 4. The smallest absolute Gasteiger partial charge is 0.317 e. The monoisotopic (exact) mass is 477 g/mol. The van der Waals surface area contributed by atoms with Crippen LogP contribution in [0.25, 0.3) is 27.7 Å². The SMILES string of the molecule is CC(C)NC(=O)N1CC=C(c2c[nH]c3ncc(-c4cc(CN5CCOCC5)ccc4F)cc23)CC1. The van der Waals surface area contributed by atoms with Crippen molar-refractivity contribution in [1.82, 2.24) is 25.1 Å². The Balaban J connectivity index is 1.40. The Hall–Kier alpha value is -3.23. The van der Waals surface area contributed by atoms with E-state index in [4.69, 9.17) is 4.74 Å². The predicted molar refractivity (Wildman–Crippen MR) is 135 cm³/mol. The van der Waals surface area contributed by atoms with Crippen LogP contribution in [0.1, 0.15) is 31.4 Å². The summed E-state index contributed by atoms with van der Waals surface area (Å²) in [4.78, 5) is 24.3. The van der Waals surface area contributed by atoms with Crippen LogP contribution in [0.15, 0.2) is 42.7 Å². The Bertz CT molecular complexity index is 1250. The first-order valence-corrected chi connectivity index (χ1v) is 12.3. The van der Waals surface area contributed by atoms with E-state index in [2.05, 4.69) is 26.3 Å². The molecule has 7 nitrogen and oxygen atoms in total. The van der Waals surface area contributed by atoms with Gasteiger partial charge in [0.15, 0.2) is 0 Å². The first-order valence-electron chi connectivity index (χ1n) is 12.3. The minimum Gasteiger partial charge on any atom is -0.379 e. The summed E-state index contributed by atoms with van der Waals surface area (Å²) in [6.07, 6.45) is 6.55. The average molecular weight is 478 g/mol. The lowest BCUT2D eigenvalue weighted by Crippen LogP contribution is -2.44. The number of rotatable bonds is 5. The molecule has 8 heteroatoms. The summed E-state index contributed by atoms with van der Waals surface area (Å²) in [5.41, 5.74) is 5.40. The Morgan fingerprint density at radius 2 is 2.03 bits per heavy atom. The molecular weight excluding hydrogens is 445 g/mol. The third-order valence-electron chi connectivity index (χ3n) is 6.64. The number of halogens is 1. The fourth-order valence-electron chi connectivity index (χ4n) is 4.76. The summed E-state index contributed by atoms with van der Waals surface area (Å²) in [6, 6.07) is 7.43. The highest BCUT2D eigenvalue weighted by molar-refractivity contribution is 5.93. The Kier molecular flexibility index (Phi) is 6.83. The van der Waals surface area contributed by atoms with E-state index in [0.29, 0.717) is 18.7 Å². The Labute approximate surface area is 205 Å². The van der Waals surface area contributed by atoms with E-state index in [-0.39, 0.29) is 17.9 Å². The van der Waals surface area contributed by atoms with Gasteiger partial charge in [-0.25, -0.2) is 14.2 Å². The molecule has 0 saturated carbocycles. The van der Waals surface area contributed by atoms with Crippen molar-refractivity contribution in [3.63, 3.8) is 0 Å². The molecule has 2 N–H and O–H groups in total. The fraction of sp³-hybridized carbons (Fsp3) is 0.407. The van der Waals surface area contributed by atoms with Crippen molar-refractivity contribution in [3.8, 4) is 11.1 Å². The molecule has 0 atom stereocenters. The highest BCUT2D eigenvalue weighted by Crippen LogP contribution is 2.32. The van der Waals surface area contributed by atoms with Gasteiger partial charge in [0.2, 0.25) is 0 Å². The van der Waals surface area contributed by atoms with Crippen LogP contribution < -0.4 is 5.32 Å². The second-order valence-electron chi connectivity index (χ2n) is 9.55. The molecule has 1 fully saturated rings. The van der Waals surface area contributed by atoms with Gasteiger partial charge in [-0.3, -0.25) is 4.90 Å². The van der Waals surface area contributed by atoms with E-state index in [0.717, 1.165) is 67.0 Å². The normalized spacial score (nSPS) is 17.1. The quantitative estimate of drug-likeness (QED) is 0.571. The number of carbonyl (C=O) groups excluding carboxylic acids is 1. The summed E-state index contributed by atoms with van der Waals surface area (Å²) < 4.78 is 20.3. The fourth-order valence-corrected chi connectivity index (χ4v) is 4.76. The van der Waals surface area contributed by atoms with Crippen molar-refractivity contribution < 1.29 is 13.9 Å². The van der Waals surface area contributed by atoms with Crippen LogP contribution in [-0.2, 0) is 11.3 Å². The summed E-state index contributed by atoms with van der Waals surface area (Å²) >= 11 is 0. The zero-order valence-corrected chi connectivity index (χ0v) is 20.3. The van der Waals surface area contributed by atoms with E-state index in [1.165, 1.54) is 5.57 Å². The third-order valence-corrected chi connectivity index (χ3v) is 6.64. The van der Waals surface area contributed by atoms with Crippen LogP contribution in [0.2, 0.25) is 0 Å². The van der Waals surface area contributed by atoms with Gasteiger partial charge in [0.05, 0.1) is 13.2 Å². The number of benzene rings is 1. The number of amides is 2. The zero-order valence-electron chi connectivity index (χ0n) is 20.3. The number of pyridine rings is 1. The van der Waals surface area contributed by atoms with Crippen molar-refractivity contribution in [3.05, 3.63) is 59.7 Å². The van der Waals surface area contributed by atoms with Crippen LogP contribution in [0, 0.1) is 5.82 Å². The molecule has 0 spiro atoms. The van der Waals surface area contributed by atoms with Crippen LogP contribution in [-0.4, -0.2) is 71.2 Å². The summed E-state index contributed by atoms with van der Waals surface area (Å²) in [7, 11) is 0. The summed E-state index contributed by atoms with van der Waals surface area (Å²) in [5, 5.41) is 3.91. The maximum atomic E-state index is 14.9. The number of fused-ring (bicyclic) bond motifs is 1. The summed E-state index contributed by atoms with van der Waals surface area (Å²) in [6.45, 7) is 9.16. The highest BCUT2D eigenvalue weighted by atomic mass is 19.1. The molecule has 0 bridgehead atoms. The molecule has 5 rings (SSSR count). The molecule has 2 aromatic heterocycles. The number of hydrogen-bond donors (Lipinski definition) is 2. The van der Waals surface area contributed by atoms with Crippen LogP contribution in [0.3, 0.4) is 0 Å². The van der Waals surface area contributed by atoms with E-state index >= 15 is 0 Å². The standard InChI is InChI=1S/C27H32FN5O2/c1-18(2)31-27(34)33-7-5-20(6-8-33)24-16-30-26-23(24)14-21(15-29-26)22-13-19(3-4-25(22)28)17-32-9-11-35-12-10-32/h3-5,13-16,18H,6-12,17H2,1-2H3,(H,29,30)(H,31,34). The number of H-pyrrole nitrogens is 1. The highest BCUT2D eigenvalue weighted by Gasteiger charge is 2.21. The molecule has 2 amide bonds. The van der Waals surface area contributed by atoms with Gasteiger partial charge in [-0.05, 0) is 49.6 Å². The van der Waals surface area contributed by atoms with Crippen molar-refractivity contribution in [2.75, 3.05) is 39.4 Å². The summed E-state index contributed by atoms with van der Waals surface area (Å²) in [5.74, 6) is -0.252. The average Bonchev–Trinajstić information content (AvgIpc) is 3.29. The lowest BCUT2D eigenvalue weighted by molar-refractivity contribution is 0.0342. The number of urea groups is 1. The molecule has 2 aliphatic heterocycles. The number of carbonyl (C=O) groups is 1. The molecular formula is C27H32FN5O2. The molecule has 4 heterocycles. The van der Waals surface area contributed by atoms with Crippen LogP contribution in [0.5, 0.6) is 0 Å². The molecule has 1 aromatic carbocycles. The number of nitrogens with zero attached hydrogens (tertiary/aromatic N) is 3. The first-order chi connectivity index (χ1) is 17.0. The van der Waals surface area contributed by atoms with Crippen LogP contribution >= 0.6 is 0 Å². The van der Waals surface area contributed by atoms with E-state index in [1.54, 1.807) is 12.3 Å². The van der Waals surface area contributed by atoms with Gasteiger partial charge in [-0.1, -0.05) is 12.1 Å². The van der Waals surface area contributed by atoms with Crippen molar-refractivity contribution >= 4 is 22.6 Å². The van der Waals surface area contributed by atoms with Gasteiger partial charge in [0.25, 0.3) is 0 Å². The number of ether oxygens (including phenoxy) is 1. The maximum absolute atomic E-state index is 14.9. The lowest BCUT2D eigenvalue weighted by Gasteiger charge is -2.27. The number of morpholine rings is 1. The lowest BCUT2D eigenvalue weighted by atomic mass is 9.97. The van der Waals surface area contributed by atoms with Gasteiger partial charge in [0.1, 0.15) is 11.5 Å². The van der Waals surface area contributed by atoms with Crippen LogP contribution in [0.4, 0.5) is 9.18 Å². The van der Waals surface area contributed by atoms with Crippen molar-refractivity contribution in [1.29, 1.82) is 0 Å². The Morgan fingerprint density at radius 3 is 2.77 bits per heavy atom. The van der Waals surface area contributed by atoms with Gasteiger partial charge in [0, 0.05) is 73.2 Å². The second-order valence-corrected chi connectivity index (χ2v) is 9.55. The van der Waals surface area contributed by atoms with Crippen molar-refractivity contribution in [2.24, 2.45) is 0 Å². The minimum atomic E-state index is -0.252. The molecule has 2 aliphatic rings. The predicted octanol–water partition coefficient (Wildman–Crippen LogP) is 4.41. The van der Waals surface area contributed by atoms with Gasteiger partial charge < -0.3 is 19.9 Å². The maximum Gasteiger partial charge on any atom is 0.317 e. The first kappa shape index (κ1) is 23.5. The second kappa shape index (κ2) is 10.2. The minimum absolute atomic E-state index is 0.0365.